The molecule has 1 N–H and O–H groups in total. The van der Waals surface area contributed by atoms with Gasteiger partial charge in [0.05, 0.1) is 28.7 Å². The van der Waals surface area contributed by atoms with Crippen LogP contribution in [0.2, 0.25) is 0 Å². The molecule has 2 aromatic rings. The fourth-order valence-corrected chi connectivity index (χ4v) is 2.87. The Hall–Kier alpha value is -2.85. The van der Waals surface area contributed by atoms with E-state index in [1.165, 1.54) is 48.5 Å². The zero-order valence-electron chi connectivity index (χ0n) is 12.3. The minimum atomic E-state index is -3.76. The first-order valence-corrected chi connectivity index (χ1v) is 8.25. The van der Waals surface area contributed by atoms with Crippen LogP contribution >= 0.6 is 0 Å². The quantitative estimate of drug-likeness (QED) is 0.850. The van der Waals surface area contributed by atoms with Gasteiger partial charge in [0.2, 0.25) is 0 Å². The fraction of sp³-hybridized carbons (Fsp3) is 0.125. The Labute approximate surface area is 134 Å². The molecule has 0 saturated carbocycles. The summed E-state index contributed by atoms with van der Waals surface area (Å²) in [5, 5.41) is 8.72. The number of sulfonamides is 1. The van der Waals surface area contributed by atoms with Gasteiger partial charge >= 0.3 is 5.97 Å². The Morgan fingerprint density at radius 3 is 2.26 bits per heavy atom. The molecular weight excluding hydrogens is 316 g/mol. The number of carbonyl (C=O) groups is 1. The number of rotatable bonds is 5. The number of benzene rings is 2. The summed E-state index contributed by atoms with van der Waals surface area (Å²) in [5.41, 5.74) is 1.04. The van der Waals surface area contributed by atoms with E-state index in [-0.39, 0.29) is 11.5 Å². The molecule has 2 aromatic carbocycles. The average Bonchev–Trinajstić information content (AvgIpc) is 2.55. The topological polar surface area (TPSA) is 96.3 Å². The van der Waals surface area contributed by atoms with Gasteiger partial charge in [0.1, 0.15) is 0 Å². The van der Waals surface area contributed by atoms with Gasteiger partial charge in [0.25, 0.3) is 10.0 Å². The van der Waals surface area contributed by atoms with Crippen LogP contribution in [0, 0.1) is 11.3 Å². The smallest absolute Gasteiger partial charge is 0.338 e. The Bertz CT molecular complexity index is 835. The van der Waals surface area contributed by atoms with E-state index in [0.717, 1.165) is 0 Å². The number of nitrogens with zero attached hydrogens (tertiary/aromatic N) is 1. The highest BCUT2D eigenvalue weighted by molar-refractivity contribution is 7.92. The Morgan fingerprint density at radius 1 is 1.13 bits per heavy atom. The van der Waals surface area contributed by atoms with Crippen LogP contribution in [0.15, 0.2) is 53.4 Å². The molecule has 7 heteroatoms. The Morgan fingerprint density at radius 2 is 1.74 bits per heavy atom. The van der Waals surface area contributed by atoms with Gasteiger partial charge in [-0.3, -0.25) is 4.72 Å². The van der Waals surface area contributed by atoms with Crippen LogP contribution in [0.1, 0.15) is 22.8 Å². The molecule has 0 aromatic heterocycles. The summed E-state index contributed by atoms with van der Waals surface area (Å²) >= 11 is 0. The van der Waals surface area contributed by atoms with E-state index < -0.39 is 16.0 Å². The summed E-state index contributed by atoms with van der Waals surface area (Å²) in [5.74, 6) is -0.464. The first-order chi connectivity index (χ1) is 11.0. The fourth-order valence-electron chi connectivity index (χ4n) is 1.81. The van der Waals surface area contributed by atoms with Crippen molar-refractivity contribution in [2.45, 2.75) is 11.8 Å². The predicted molar refractivity (Wildman–Crippen MR) is 84.4 cm³/mol. The SMILES string of the molecule is CCOC(=O)c1ccc(NS(=O)(=O)c2ccc(C#N)cc2)cc1. The van der Waals surface area contributed by atoms with E-state index in [1.807, 2.05) is 6.07 Å². The van der Waals surface area contributed by atoms with Gasteiger partial charge < -0.3 is 4.74 Å². The molecule has 0 atom stereocenters. The minimum absolute atomic E-state index is 0.0472. The first kappa shape index (κ1) is 16.5. The zero-order valence-corrected chi connectivity index (χ0v) is 13.1. The molecule has 118 valence electrons. The van der Waals surface area contributed by atoms with Crippen molar-refractivity contribution < 1.29 is 17.9 Å². The molecule has 6 nitrogen and oxygen atoms in total. The summed E-state index contributed by atoms with van der Waals surface area (Å²) in [4.78, 5) is 11.6. The molecule has 0 saturated heterocycles. The van der Waals surface area contributed by atoms with Crippen molar-refractivity contribution in [1.82, 2.24) is 0 Å². The molecule has 0 aliphatic rings. The van der Waals surface area contributed by atoms with E-state index in [4.69, 9.17) is 10.00 Å². The second-order valence-corrected chi connectivity index (χ2v) is 6.22. The molecule has 0 fully saturated rings. The molecule has 23 heavy (non-hydrogen) atoms. The summed E-state index contributed by atoms with van der Waals surface area (Å²) in [6.45, 7) is 1.98. The van der Waals surface area contributed by atoms with Crippen molar-refractivity contribution >= 4 is 21.7 Å². The maximum absolute atomic E-state index is 12.2. The first-order valence-electron chi connectivity index (χ1n) is 6.76. The summed E-state index contributed by atoms with van der Waals surface area (Å²) < 4.78 is 31.7. The lowest BCUT2D eigenvalue weighted by atomic mass is 10.2. The Balaban J connectivity index is 2.17. The number of hydrogen-bond acceptors (Lipinski definition) is 5. The van der Waals surface area contributed by atoms with Crippen LogP contribution in [-0.4, -0.2) is 21.0 Å². The van der Waals surface area contributed by atoms with Gasteiger partial charge in [0.15, 0.2) is 0 Å². The van der Waals surface area contributed by atoms with E-state index in [0.29, 0.717) is 16.8 Å². The molecule has 0 heterocycles. The molecule has 0 radical (unpaired) electrons. The molecule has 0 amide bonds. The molecule has 0 bridgehead atoms. The predicted octanol–water partition coefficient (Wildman–Crippen LogP) is 2.54. The normalized spacial score (nSPS) is 10.6. The molecule has 0 aliphatic carbocycles. The maximum Gasteiger partial charge on any atom is 0.338 e. The van der Waals surface area contributed by atoms with Gasteiger partial charge in [-0.25, -0.2) is 13.2 Å². The van der Waals surface area contributed by atoms with Crippen LogP contribution in [0.25, 0.3) is 0 Å². The average molecular weight is 330 g/mol. The highest BCUT2D eigenvalue weighted by Gasteiger charge is 2.14. The second-order valence-electron chi connectivity index (χ2n) is 4.54. The maximum atomic E-state index is 12.2. The van der Waals surface area contributed by atoms with E-state index in [1.54, 1.807) is 6.92 Å². The van der Waals surface area contributed by atoms with Gasteiger partial charge in [-0.15, -0.1) is 0 Å². The monoisotopic (exact) mass is 330 g/mol. The number of ether oxygens (including phenoxy) is 1. The van der Waals surface area contributed by atoms with Gasteiger partial charge in [-0.05, 0) is 55.5 Å². The third kappa shape index (κ3) is 4.08. The van der Waals surface area contributed by atoms with Crippen molar-refractivity contribution in [1.29, 1.82) is 5.26 Å². The zero-order chi connectivity index (χ0) is 16.9. The second kappa shape index (κ2) is 6.94. The number of esters is 1. The van der Waals surface area contributed by atoms with Gasteiger partial charge in [-0.1, -0.05) is 0 Å². The van der Waals surface area contributed by atoms with Crippen LogP contribution in [0.5, 0.6) is 0 Å². The highest BCUT2D eigenvalue weighted by atomic mass is 32.2. The molecule has 0 spiro atoms. The summed E-state index contributed by atoms with van der Waals surface area (Å²) in [6, 6.07) is 13.4. The van der Waals surface area contributed by atoms with Gasteiger partial charge in [-0.2, -0.15) is 5.26 Å². The van der Waals surface area contributed by atoms with Crippen molar-refractivity contribution in [3.8, 4) is 6.07 Å². The summed E-state index contributed by atoms with van der Waals surface area (Å²) in [7, 11) is -3.76. The van der Waals surface area contributed by atoms with E-state index >= 15 is 0 Å². The van der Waals surface area contributed by atoms with Crippen molar-refractivity contribution in [3.63, 3.8) is 0 Å². The lowest BCUT2D eigenvalue weighted by Crippen LogP contribution is -2.13. The van der Waals surface area contributed by atoms with Crippen LogP contribution < -0.4 is 4.72 Å². The minimum Gasteiger partial charge on any atom is -0.462 e. The largest absolute Gasteiger partial charge is 0.462 e. The lowest BCUT2D eigenvalue weighted by molar-refractivity contribution is 0.0526. The van der Waals surface area contributed by atoms with Crippen LogP contribution in [0.4, 0.5) is 5.69 Å². The van der Waals surface area contributed by atoms with Crippen LogP contribution in [-0.2, 0) is 14.8 Å². The highest BCUT2D eigenvalue weighted by Crippen LogP contribution is 2.17. The number of nitriles is 1. The lowest BCUT2D eigenvalue weighted by Gasteiger charge is -2.09. The van der Waals surface area contributed by atoms with Gasteiger partial charge in [0, 0.05) is 5.69 Å². The van der Waals surface area contributed by atoms with Crippen molar-refractivity contribution in [3.05, 3.63) is 59.7 Å². The van der Waals surface area contributed by atoms with Crippen LogP contribution in [0.3, 0.4) is 0 Å². The number of nitrogens with one attached hydrogen (secondary N) is 1. The summed E-state index contributed by atoms with van der Waals surface area (Å²) in [6.07, 6.45) is 0. The van der Waals surface area contributed by atoms with Crippen molar-refractivity contribution in [2.24, 2.45) is 0 Å². The third-order valence-electron chi connectivity index (χ3n) is 2.94. The van der Waals surface area contributed by atoms with Crippen molar-refractivity contribution in [2.75, 3.05) is 11.3 Å². The Kier molecular flexibility index (Phi) is 4.98. The number of carbonyl (C=O) groups excluding carboxylic acids is 1. The molecular formula is C16H14N2O4S. The number of anilines is 1. The standard InChI is InChI=1S/C16H14N2O4S/c1-2-22-16(19)13-5-7-14(8-6-13)18-23(20,21)15-9-3-12(11-17)4-10-15/h3-10,18H,2H2,1H3. The molecule has 2 rings (SSSR count). The van der Waals surface area contributed by atoms with E-state index in [9.17, 15) is 13.2 Å². The molecule has 0 aliphatic heterocycles. The van der Waals surface area contributed by atoms with E-state index in [2.05, 4.69) is 4.72 Å². The third-order valence-corrected chi connectivity index (χ3v) is 4.34. The number of hydrogen-bond donors (Lipinski definition) is 1. The molecule has 0 unspecified atom stereocenters.